The predicted octanol–water partition coefficient (Wildman–Crippen LogP) is 1.63. The van der Waals surface area contributed by atoms with Crippen molar-refractivity contribution in [2.24, 2.45) is 0 Å². The van der Waals surface area contributed by atoms with Crippen molar-refractivity contribution in [1.29, 1.82) is 0 Å². The van der Waals surface area contributed by atoms with Gasteiger partial charge in [-0.3, -0.25) is 9.59 Å². The molecule has 0 atom stereocenters. The summed E-state index contributed by atoms with van der Waals surface area (Å²) in [5.41, 5.74) is 3.10. The molecule has 1 aromatic heterocycles. The van der Waals surface area contributed by atoms with Crippen LogP contribution in [-0.2, 0) is 4.79 Å². The van der Waals surface area contributed by atoms with Crippen molar-refractivity contribution in [2.45, 2.75) is 6.92 Å². The number of carbonyl (C=O) groups is 2. The van der Waals surface area contributed by atoms with E-state index in [-0.39, 0.29) is 5.91 Å². The minimum atomic E-state index is 0.0405. The number of benzene rings is 1. The van der Waals surface area contributed by atoms with E-state index >= 15 is 0 Å². The van der Waals surface area contributed by atoms with Gasteiger partial charge in [-0.1, -0.05) is 12.1 Å². The first kappa shape index (κ1) is 19.2. The topological polar surface area (TPSA) is 60.0 Å². The number of nitrogens with zero attached hydrogens (tertiary/aromatic N) is 5. The zero-order valence-electron chi connectivity index (χ0n) is 16.8. The van der Waals surface area contributed by atoms with Crippen LogP contribution in [0.5, 0.6) is 0 Å². The van der Waals surface area contributed by atoms with Gasteiger partial charge in [0.25, 0.3) is 5.91 Å². The summed E-state index contributed by atoms with van der Waals surface area (Å²) in [7, 11) is 0. The van der Waals surface area contributed by atoms with Gasteiger partial charge in [-0.2, -0.15) is 0 Å². The van der Waals surface area contributed by atoms with E-state index < -0.39 is 0 Å². The molecular formula is C22H27N5O2. The second-order valence-corrected chi connectivity index (χ2v) is 7.65. The Balaban J connectivity index is 1.34. The zero-order chi connectivity index (χ0) is 20.2. The first-order chi connectivity index (χ1) is 14.1. The average molecular weight is 393 g/mol. The molecule has 2 saturated heterocycles. The number of carbonyl (C=O) groups excluding carboxylic acids is 2. The van der Waals surface area contributed by atoms with Gasteiger partial charge in [0.2, 0.25) is 6.41 Å². The molecule has 2 fully saturated rings. The minimum absolute atomic E-state index is 0.0405. The second kappa shape index (κ2) is 8.51. The summed E-state index contributed by atoms with van der Waals surface area (Å²) < 4.78 is 0. The third-order valence-corrected chi connectivity index (χ3v) is 5.72. The van der Waals surface area contributed by atoms with E-state index in [1.165, 1.54) is 11.3 Å². The van der Waals surface area contributed by atoms with Crippen LogP contribution >= 0.6 is 0 Å². The summed E-state index contributed by atoms with van der Waals surface area (Å²) >= 11 is 0. The Bertz CT molecular complexity index is 854. The molecule has 3 heterocycles. The molecule has 0 N–H and O–H groups in total. The van der Waals surface area contributed by atoms with Gasteiger partial charge in [0, 0.05) is 64.2 Å². The lowest BCUT2D eigenvalue weighted by molar-refractivity contribution is -0.118. The van der Waals surface area contributed by atoms with Crippen LogP contribution in [0.2, 0.25) is 0 Å². The fourth-order valence-corrected chi connectivity index (χ4v) is 3.93. The van der Waals surface area contributed by atoms with Gasteiger partial charge in [0.15, 0.2) is 0 Å². The van der Waals surface area contributed by atoms with Crippen molar-refractivity contribution in [3.8, 4) is 0 Å². The van der Waals surface area contributed by atoms with Gasteiger partial charge >= 0.3 is 0 Å². The maximum atomic E-state index is 12.9. The van der Waals surface area contributed by atoms with Crippen LogP contribution in [0, 0.1) is 6.92 Å². The molecule has 1 aromatic carbocycles. The lowest BCUT2D eigenvalue weighted by atomic mass is 10.1. The molecule has 0 unspecified atom stereocenters. The van der Waals surface area contributed by atoms with Crippen molar-refractivity contribution in [3.63, 3.8) is 0 Å². The Kier molecular flexibility index (Phi) is 5.64. The number of pyridine rings is 1. The number of hydrogen-bond acceptors (Lipinski definition) is 5. The molecule has 7 heteroatoms. The molecule has 0 bridgehead atoms. The van der Waals surface area contributed by atoms with E-state index in [9.17, 15) is 9.59 Å². The fraction of sp³-hybridized carbons (Fsp3) is 0.409. The molecule has 4 rings (SSSR count). The lowest BCUT2D eigenvalue weighted by Gasteiger charge is -2.36. The van der Waals surface area contributed by atoms with Gasteiger partial charge < -0.3 is 19.6 Å². The van der Waals surface area contributed by atoms with Gasteiger partial charge in [-0.05, 0) is 36.8 Å². The van der Waals surface area contributed by atoms with E-state index in [0.29, 0.717) is 31.7 Å². The maximum Gasteiger partial charge on any atom is 0.255 e. The summed E-state index contributed by atoms with van der Waals surface area (Å²) in [6.07, 6.45) is 2.57. The molecule has 29 heavy (non-hydrogen) atoms. The van der Waals surface area contributed by atoms with Crippen molar-refractivity contribution >= 4 is 23.8 Å². The van der Waals surface area contributed by atoms with Crippen molar-refractivity contribution in [1.82, 2.24) is 14.8 Å². The third-order valence-electron chi connectivity index (χ3n) is 5.72. The Morgan fingerprint density at radius 2 is 1.66 bits per heavy atom. The van der Waals surface area contributed by atoms with Crippen LogP contribution in [-0.4, -0.2) is 79.5 Å². The maximum absolute atomic E-state index is 12.9. The highest BCUT2D eigenvalue weighted by molar-refractivity contribution is 5.94. The Labute approximate surface area is 171 Å². The smallest absolute Gasteiger partial charge is 0.255 e. The second-order valence-electron chi connectivity index (χ2n) is 7.65. The summed E-state index contributed by atoms with van der Waals surface area (Å²) in [6.45, 7) is 8.13. The Morgan fingerprint density at radius 3 is 2.28 bits per heavy atom. The average Bonchev–Trinajstić information content (AvgIpc) is 2.79. The number of amides is 2. The Morgan fingerprint density at radius 1 is 0.931 bits per heavy atom. The van der Waals surface area contributed by atoms with Crippen LogP contribution in [0.3, 0.4) is 0 Å². The molecule has 2 aromatic rings. The SMILES string of the molecule is Cc1cccc(N2CCN(C(=O)c3ccc(N4CCN(C=O)CC4)nc3)CC2)c1. The van der Waals surface area contributed by atoms with Crippen LogP contribution < -0.4 is 9.80 Å². The van der Waals surface area contributed by atoms with E-state index in [2.05, 4.69) is 46.0 Å². The van der Waals surface area contributed by atoms with Crippen molar-refractivity contribution < 1.29 is 9.59 Å². The molecular weight excluding hydrogens is 366 g/mol. The molecule has 0 aliphatic carbocycles. The lowest BCUT2D eigenvalue weighted by Crippen LogP contribution is -2.48. The highest BCUT2D eigenvalue weighted by Crippen LogP contribution is 2.19. The molecule has 152 valence electrons. The first-order valence-corrected chi connectivity index (χ1v) is 10.2. The van der Waals surface area contributed by atoms with E-state index in [0.717, 1.165) is 38.4 Å². The van der Waals surface area contributed by atoms with Gasteiger partial charge in [-0.15, -0.1) is 0 Å². The molecule has 2 amide bonds. The van der Waals surface area contributed by atoms with E-state index in [4.69, 9.17) is 0 Å². The molecule has 7 nitrogen and oxygen atoms in total. The van der Waals surface area contributed by atoms with Crippen LogP contribution in [0.25, 0.3) is 0 Å². The van der Waals surface area contributed by atoms with Gasteiger partial charge in [-0.25, -0.2) is 4.98 Å². The normalized spacial score (nSPS) is 17.4. The van der Waals surface area contributed by atoms with Crippen LogP contribution in [0.15, 0.2) is 42.6 Å². The highest BCUT2D eigenvalue weighted by Gasteiger charge is 2.23. The monoisotopic (exact) mass is 393 g/mol. The van der Waals surface area contributed by atoms with Crippen LogP contribution in [0.4, 0.5) is 11.5 Å². The number of piperazine rings is 2. The van der Waals surface area contributed by atoms with Gasteiger partial charge in [0.1, 0.15) is 5.82 Å². The number of hydrogen-bond donors (Lipinski definition) is 0. The van der Waals surface area contributed by atoms with Crippen molar-refractivity contribution in [3.05, 3.63) is 53.7 Å². The molecule has 0 radical (unpaired) electrons. The molecule has 0 spiro atoms. The molecule has 0 saturated carbocycles. The molecule has 2 aliphatic rings. The summed E-state index contributed by atoms with van der Waals surface area (Å²) in [6, 6.07) is 12.3. The first-order valence-electron chi connectivity index (χ1n) is 10.2. The standard InChI is InChI=1S/C22H27N5O2/c1-18-3-2-4-20(15-18)25-11-13-27(14-12-25)22(29)19-5-6-21(23-16-19)26-9-7-24(17-28)8-10-26/h2-6,15-17H,7-14H2,1H3. The van der Waals surface area contributed by atoms with Crippen LogP contribution in [0.1, 0.15) is 15.9 Å². The number of anilines is 2. The number of rotatable bonds is 4. The Hall–Kier alpha value is -3.09. The van der Waals surface area contributed by atoms with Crippen molar-refractivity contribution in [2.75, 3.05) is 62.2 Å². The quantitative estimate of drug-likeness (QED) is 0.739. The largest absolute Gasteiger partial charge is 0.368 e. The predicted molar refractivity (Wildman–Crippen MR) is 113 cm³/mol. The summed E-state index contributed by atoms with van der Waals surface area (Å²) in [5, 5.41) is 0. The number of aromatic nitrogens is 1. The third kappa shape index (κ3) is 4.34. The highest BCUT2D eigenvalue weighted by atomic mass is 16.2. The minimum Gasteiger partial charge on any atom is -0.368 e. The molecule has 2 aliphatic heterocycles. The summed E-state index contributed by atoms with van der Waals surface area (Å²) in [4.78, 5) is 36.4. The van der Waals surface area contributed by atoms with E-state index in [1.807, 2.05) is 17.0 Å². The summed E-state index contributed by atoms with van der Waals surface area (Å²) in [5.74, 6) is 0.898. The fourth-order valence-electron chi connectivity index (χ4n) is 3.93. The van der Waals surface area contributed by atoms with Gasteiger partial charge in [0.05, 0.1) is 5.56 Å². The van der Waals surface area contributed by atoms with E-state index in [1.54, 1.807) is 11.1 Å². The number of aryl methyl sites for hydroxylation is 1. The zero-order valence-corrected chi connectivity index (χ0v) is 16.8.